The van der Waals surface area contributed by atoms with Gasteiger partial charge in [-0.25, -0.2) is 4.79 Å². The number of carboxylic acid groups (broad SMARTS) is 1. The quantitative estimate of drug-likeness (QED) is 0.799. The van der Waals surface area contributed by atoms with E-state index >= 15 is 0 Å². The summed E-state index contributed by atoms with van der Waals surface area (Å²) in [5.74, 6) is -1.46. The highest BCUT2D eigenvalue weighted by Crippen LogP contribution is 2.08. The number of aliphatic carboxylic acids is 1. The van der Waals surface area contributed by atoms with Crippen LogP contribution in [0.25, 0.3) is 0 Å². The summed E-state index contributed by atoms with van der Waals surface area (Å²) in [5, 5.41) is 11.5. The highest BCUT2D eigenvalue weighted by Gasteiger charge is 2.03. The molecule has 0 saturated heterocycles. The van der Waals surface area contributed by atoms with Crippen LogP contribution in [0.15, 0.2) is 24.3 Å². The zero-order chi connectivity index (χ0) is 12.7. The van der Waals surface area contributed by atoms with Crippen molar-refractivity contribution in [2.45, 2.75) is 6.54 Å². The fraction of sp³-hybridized carbons (Fsp3) is 0.273. The lowest BCUT2D eigenvalue weighted by atomic mass is 10.2. The van der Waals surface area contributed by atoms with Gasteiger partial charge in [0.1, 0.15) is 13.2 Å². The summed E-state index contributed by atoms with van der Waals surface area (Å²) < 4.78 is 4.63. The van der Waals surface area contributed by atoms with Crippen LogP contribution >= 0.6 is 11.6 Å². The van der Waals surface area contributed by atoms with Gasteiger partial charge in [0.05, 0.1) is 0 Å². The van der Waals surface area contributed by atoms with Gasteiger partial charge in [-0.05, 0) is 17.7 Å². The van der Waals surface area contributed by atoms with Gasteiger partial charge in [0.15, 0.2) is 0 Å². The maximum atomic E-state index is 11.2. The van der Waals surface area contributed by atoms with E-state index in [1.807, 2.05) is 0 Å². The van der Waals surface area contributed by atoms with Crippen molar-refractivity contribution in [1.29, 1.82) is 0 Å². The highest BCUT2D eigenvalue weighted by molar-refractivity contribution is 6.30. The maximum absolute atomic E-state index is 11.2. The topological polar surface area (TPSA) is 75.6 Å². The zero-order valence-corrected chi connectivity index (χ0v) is 9.74. The van der Waals surface area contributed by atoms with Crippen molar-refractivity contribution < 1.29 is 19.4 Å². The van der Waals surface area contributed by atoms with Crippen molar-refractivity contribution in [2.24, 2.45) is 0 Å². The number of carbonyl (C=O) groups excluding carboxylic acids is 1. The first-order valence-electron chi connectivity index (χ1n) is 4.88. The second-order valence-corrected chi connectivity index (χ2v) is 3.73. The fourth-order valence-corrected chi connectivity index (χ4v) is 1.21. The predicted octanol–water partition coefficient (Wildman–Crippen LogP) is 1.06. The molecule has 1 rings (SSSR count). The standard InChI is InChI=1S/C11H12ClNO4/c12-9-3-1-8(2-4-9)5-13-10(14)6-17-7-11(15)16/h1-4H,5-7H2,(H,13,14)(H,15,16). The molecule has 0 radical (unpaired) electrons. The first kappa shape index (κ1) is 13.5. The average Bonchev–Trinajstić information content (AvgIpc) is 2.28. The van der Waals surface area contributed by atoms with E-state index in [4.69, 9.17) is 16.7 Å². The van der Waals surface area contributed by atoms with Crippen LogP contribution in [0.3, 0.4) is 0 Å². The molecule has 0 atom stereocenters. The molecule has 5 nitrogen and oxygen atoms in total. The van der Waals surface area contributed by atoms with Gasteiger partial charge in [0, 0.05) is 11.6 Å². The van der Waals surface area contributed by atoms with E-state index in [2.05, 4.69) is 10.1 Å². The van der Waals surface area contributed by atoms with Crippen molar-refractivity contribution in [3.63, 3.8) is 0 Å². The Morgan fingerprint density at radius 1 is 1.24 bits per heavy atom. The van der Waals surface area contributed by atoms with Gasteiger partial charge in [-0.2, -0.15) is 0 Å². The number of amides is 1. The van der Waals surface area contributed by atoms with Crippen LogP contribution in [-0.4, -0.2) is 30.2 Å². The van der Waals surface area contributed by atoms with Crippen molar-refractivity contribution in [3.05, 3.63) is 34.9 Å². The molecule has 0 spiro atoms. The zero-order valence-electron chi connectivity index (χ0n) is 8.98. The van der Waals surface area contributed by atoms with Crippen LogP contribution in [0.2, 0.25) is 5.02 Å². The molecule has 2 N–H and O–H groups in total. The van der Waals surface area contributed by atoms with Crippen LogP contribution in [0, 0.1) is 0 Å². The summed E-state index contributed by atoms with van der Waals surface area (Å²) in [4.78, 5) is 21.3. The molecule has 1 aromatic carbocycles. The second kappa shape index (κ2) is 6.88. The van der Waals surface area contributed by atoms with E-state index in [1.54, 1.807) is 24.3 Å². The number of hydrogen-bond acceptors (Lipinski definition) is 3. The monoisotopic (exact) mass is 257 g/mol. The Kier molecular flexibility index (Phi) is 5.45. The first-order valence-corrected chi connectivity index (χ1v) is 5.26. The molecule has 92 valence electrons. The Morgan fingerprint density at radius 2 is 1.88 bits per heavy atom. The third-order valence-electron chi connectivity index (χ3n) is 1.86. The molecule has 0 aliphatic heterocycles. The molecular formula is C11H12ClNO4. The SMILES string of the molecule is O=C(O)COCC(=O)NCc1ccc(Cl)cc1. The van der Waals surface area contributed by atoms with E-state index in [0.29, 0.717) is 11.6 Å². The first-order chi connectivity index (χ1) is 8.08. The largest absolute Gasteiger partial charge is 0.480 e. The molecule has 0 saturated carbocycles. The van der Waals surface area contributed by atoms with Gasteiger partial charge < -0.3 is 15.2 Å². The summed E-state index contributed by atoms with van der Waals surface area (Å²) in [6.07, 6.45) is 0. The summed E-state index contributed by atoms with van der Waals surface area (Å²) in [6.45, 7) is -0.388. The molecule has 0 unspecified atom stereocenters. The van der Waals surface area contributed by atoms with Gasteiger partial charge in [-0.3, -0.25) is 4.79 Å². The van der Waals surface area contributed by atoms with E-state index in [1.165, 1.54) is 0 Å². The molecule has 6 heteroatoms. The number of carboxylic acids is 1. The van der Waals surface area contributed by atoms with Crippen LogP contribution in [0.5, 0.6) is 0 Å². The van der Waals surface area contributed by atoms with Crippen molar-refractivity contribution in [2.75, 3.05) is 13.2 Å². The molecule has 1 aromatic rings. The van der Waals surface area contributed by atoms with Crippen molar-refractivity contribution in [1.82, 2.24) is 5.32 Å². The molecule has 17 heavy (non-hydrogen) atoms. The molecule has 0 fully saturated rings. The molecule has 0 heterocycles. The normalized spacial score (nSPS) is 9.94. The third kappa shape index (κ3) is 5.89. The fourth-order valence-electron chi connectivity index (χ4n) is 1.08. The Hall–Kier alpha value is -1.59. The number of rotatable bonds is 6. The van der Waals surface area contributed by atoms with Gasteiger partial charge in [0.25, 0.3) is 0 Å². The Balaban J connectivity index is 2.23. The highest BCUT2D eigenvalue weighted by atomic mass is 35.5. The molecule has 0 aliphatic rings. The van der Waals surface area contributed by atoms with Crippen LogP contribution in [-0.2, 0) is 20.9 Å². The summed E-state index contributed by atoms with van der Waals surface area (Å²) in [6, 6.07) is 7.04. The van der Waals surface area contributed by atoms with Crippen LogP contribution < -0.4 is 5.32 Å². The van der Waals surface area contributed by atoms with Crippen molar-refractivity contribution in [3.8, 4) is 0 Å². The Morgan fingerprint density at radius 3 is 2.47 bits per heavy atom. The summed E-state index contributed by atoms with van der Waals surface area (Å²) >= 11 is 5.71. The third-order valence-corrected chi connectivity index (χ3v) is 2.11. The maximum Gasteiger partial charge on any atom is 0.329 e. The van der Waals surface area contributed by atoms with E-state index in [9.17, 15) is 9.59 Å². The van der Waals surface area contributed by atoms with Crippen molar-refractivity contribution >= 4 is 23.5 Å². The lowest BCUT2D eigenvalue weighted by molar-refractivity contribution is -0.143. The van der Waals surface area contributed by atoms with Crippen LogP contribution in [0.1, 0.15) is 5.56 Å². The number of halogens is 1. The minimum atomic E-state index is -1.10. The number of ether oxygens (including phenoxy) is 1. The molecule has 0 aromatic heterocycles. The smallest absolute Gasteiger partial charge is 0.329 e. The lowest BCUT2D eigenvalue weighted by Crippen LogP contribution is -2.28. The minimum absolute atomic E-state index is 0.264. The van der Waals surface area contributed by atoms with E-state index in [-0.39, 0.29) is 12.5 Å². The Bertz CT molecular complexity index is 391. The minimum Gasteiger partial charge on any atom is -0.480 e. The lowest BCUT2D eigenvalue weighted by Gasteiger charge is -2.05. The molecule has 1 amide bonds. The van der Waals surface area contributed by atoms with Gasteiger partial charge in [0.2, 0.25) is 5.91 Å². The van der Waals surface area contributed by atoms with Gasteiger partial charge in [-0.15, -0.1) is 0 Å². The predicted molar refractivity (Wildman–Crippen MR) is 61.8 cm³/mol. The number of hydrogen-bond donors (Lipinski definition) is 2. The number of nitrogens with one attached hydrogen (secondary N) is 1. The van der Waals surface area contributed by atoms with Gasteiger partial charge in [-0.1, -0.05) is 23.7 Å². The van der Waals surface area contributed by atoms with E-state index in [0.717, 1.165) is 5.56 Å². The van der Waals surface area contributed by atoms with Crippen LogP contribution in [0.4, 0.5) is 0 Å². The molecular weight excluding hydrogens is 246 g/mol. The second-order valence-electron chi connectivity index (χ2n) is 3.29. The molecule has 0 bridgehead atoms. The average molecular weight is 258 g/mol. The summed E-state index contributed by atoms with van der Waals surface area (Å²) in [7, 11) is 0. The van der Waals surface area contributed by atoms with Gasteiger partial charge >= 0.3 is 5.97 Å². The summed E-state index contributed by atoms with van der Waals surface area (Å²) in [5.41, 5.74) is 0.904. The van der Waals surface area contributed by atoms with E-state index < -0.39 is 12.6 Å². The number of benzene rings is 1. The Labute approximate surface area is 103 Å². The number of carbonyl (C=O) groups is 2. The molecule has 0 aliphatic carbocycles.